The van der Waals surface area contributed by atoms with Gasteiger partial charge in [0.05, 0.1) is 5.41 Å². The number of benzene rings is 1. The van der Waals surface area contributed by atoms with Gasteiger partial charge in [0.2, 0.25) is 5.24 Å². The van der Waals surface area contributed by atoms with Crippen LogP contribution in [0, 0.1) is 26.2 Å². The summed E-state index contributed by atoms with van der Waals surface area (Å²) in [6, 6.07) is 4.09. The molecular weight excluding hydrogens is 236 g/mol. The van der Waals surface area contributed by atoms with Crippen molar-refractivity contribution in [2.24, 2.45) is 5.41 Å². The molecule has 1 rings (SSSR count). The Balaban J connectivity index is 2.87. The van der Waals surface area contributed by atoms with Crippen LogP contribution in [0.4, 0.5) is 0 Å². The molecule has 0 fully saturated rings. The average molecular weight is 255 g/mol. The Bertz CT molecular complexity index is 436. The molecule has 0 unspecified atom stereocenters. The quantitative estimate of drug-likeness (QED) is 0.765. The molecule has 0 N–H and O–H groups in total. The fourth-order valence-corrected chi connectivity index (χ4v) is 1.52. The van der Waals surface area contributed by atoms with Crippen LogP contribution in [0.2, 0.25) is 0 Å². The molecule has 0 aliphatic carbocycles. The first kappa shape index (κ1) is 14.0. The predicted molar refractivity (Wildman–Crippen MR) is 70.8 cm³/mol. The zero-order valence-corrected chi connectivity index (χ0v) is 11.8. The van der Waals surface area contributed by atoms with E-state index in [0.717, 1.165) is 16.9 Å². The third-order valence-electron chi connectivity index (χ3n) is 2.88. The minimum absolute atomic E-state index is 0.291. The molecule has 3 heteroatoms. The van der Waals surface area contributed by atoms with E-state index in [1.165, 1.54) is 5.56 Å². The van der Waals surface area contributed by atoms with Crippen LogP contribution in [0.25, 0.3) is 0 Å². The normalized spacial score (nSPS) is 11.4. The van der Waals surface area contributed by atoms with Gasteiger partial charge in [-0.25, -0.2) is 0 Å². The van der Waals surface area contributed by atoms with Crippen LogP contribution in [0.1, 0.15) is 30.5 Å². The SMILES string of the molecule is Cc1cc(C)c(C)c(OCC(C)(C)C(=O)Cl)c1. The number of aryl methyl sites for hydroxylation is 2. The van der Waals surface area contributed by atoms with E-state index >= 15 is 0 Å². The Morgan fingerprint density at radius 2 is 1.88 bits per heavy atom. The van der Waals surface area contributed by atoms with Crippen molar-refractivity contribution in [1.29, 1.82) is 0 Å². The summed E-state index contributed by atoms with van der Waals surface area (Å²) < 4.78 is 5.72. The molecule has 0 saturated carbocycles. The van der Waals surface area contributed by atoms with Gasteiger partial charge in [-0.15, -0.1) is 0 Å². The lowest BCUT2D eigenvalue weighted by atomic mass is 9.97. The van der Waals surface area contributed by atoms with Crippen molar-refractivity contribution < 1.29 is 9.53 Å². The molecule has 0 aliphatic rings. The van der Waals surface area contributed by atoms with E-state index in [2.05, 4.69) is 6.07 Å². The topological polar surface area (TPSA) is 26.3 Å². The zero-order chi connectivity index (χ0) is 13.2. The smallest absolute Gasteiger partial charge is 0.230 e. The molecule has 0 radical (unpaired) electrons. The van der Waals surface area contributed by atoms with Gasteiger partial charge in [0.25, 0.3) is 0 Å². The first-order valence-corrected chi connectivity index (χ1v) is 6.02. The van der Waals surface area contributed by atoms with Gasteiger partial charge >= 0.3 is 0 Å². The molecule has 0 amide bonds. The second kappa shape index (κ2) is 5.09. The van der Waals surface area contributed by atoms with E-state index < -0.39 is 5.41 Å². The van der Waals surface area contributed by atoms with Crippen LogP contribution < -0.4 is 4.74 Å². The van der Waals surface area contributed by atoms with E-state index in [4.69, 9.17) is 16.3 Å². The summed E-state index contributed by atoms with van der Waals surface area (Å²) in [5.74, 6) is 0.827. The van der Waals surface area contributed by atoms with Crippen LogP contribution in [0.3, 0.4) is 0 Å². The lowest BCUT2D eigenvalue weighted by molar-refractivity contribution is -0.120. The number of halogens is 1. The molecule has 0 saturated heterocycles. The maximum atomic E-state index is 11.2. The second-order valence-electron chi connectivity index (χ2n) is 5.15. The minimum Gasteiger partial charge on any atom is -0.492 e. The lowest BCUT2D eigenvalue weighted by Gasteiger charge is -2.21. The first-order chi connectivity index (χ1) is 7.74. The third kappa shape index (κ3) is 3.47. The van der Waals surface area contributed by atoms with Gasteiger partial charge in [0.1, 0.15) is 12.4 Å². The minimum atomic E-state index is -0.661. The summed E-state index contributed by atoms with van der Waals surface area (Å²) in [6.45, 7) is 9.93. The summed E-state index contributed by atoms with van der Waals surface area (Å²) in [7, 11) is 0. The van der Waals surface area contributed by atoms with Crippen molar-refractivity contribution >= 4 is 16.8 Å². The number of carbonyl (C=O) groups excluding carboxylic acids is 1. The number of hydrogen-bond donors (Lipinski definition) is 0. The van der Waals surface area contributed by atoms with Gasteiger partial charge < -0.3 is 4.74 Å². The largest absolute Gasteiger partial charge is 0.492 e. The van der Waals surface area contributed by atoms with Gasteiger partial charge in [0, 0.05) is 0 Å². The van der Waals surface area contributed by atoms with Gasteiger partial charge in [0.15, 0.2) is 0 Å². The molecule has 0 spiro atoms. The maximum Gasteiger partial charge on any atom is 0.230 e. The summed E-state index contributed by atoms with van der Waals surface area (Å²) in [4.78, 5) is 11.2. The highest BCUT2D eigenvalue weighted by Gasteiger charge is 2.27. The van der Waals surface area contributed by atoms with Gasteiger partial charge in [-0.05, 0) is 69.0 Å². The summed E-state index contributed by atoms with van der Waals surface area (Å²) >= 11 is 5.52. The van der Waals surface area contributed by atoms with Crippen LogP contribution >= 0.6 is 11.6 Å². The van der Waals surface area contributed by atoms with Crippen molar-refractivity contribution in [3.8, 4) is 5.75 Å². The summed E-state index contributed by atoms with van der Waals surface area (Å²) in [6.07, 6.45) is 0. The first-order valence-electron chi connectivity index (χ1n) is 5.64. The van der Waals surface area contributed by atoms with Crippen molar-refractivity contribution in [2.45, 2.75) is 34.6 Å². The van der Waals surface area contributed by atoms with Crippen molar-refractivity contribution in [1.82, 2.24) is 0 Å². The fraction of sp³-hybridized carbons (Fsp3) is 0.500. The molecular formula is C14H19ClO2. The van der Waals surface area contributed by atoms with E-state index in [9.17, 15) is 4.79 Å². The fourth-order valence-electron chi connectivity index (χ4n) is 1.47. The molecule has 94 valence electrons. The van der Waals surface area contributed by atoms with Crippen LogP contribution in [0.5, 0.6) is 5.75 Å². The molecule has 0 bridgehead atoms. The molecule has 1 aromatic carbocycles. The average Bonchev–Trinajstić information content (AvgIpc) is 2.21. The number of hydrogen-bond acceptors (Lipinski definition) is 2. The molecule has 0 atom stereocenters. The van der Waals surface area contributed by atoms with Gasteiger partial charge in [-0.2, -0.15) is 0 Å². The standard InChI is InChI=1S/C14H19ClO2/c1-9-6-10(2)11(3)12(7-9)17-8-14(4,5)13(15)16/h6-7H,8H2,1-5H3. The van der Waals surface area contributed by atoms with Gasteiger partial charge in [-0.1, -0.05) is 6.07 Å². The van der Waals surface area contributed by atoms with Crippen molar-refractivity contribution in [3.05, 3.63) is 28.8 Å². The zero-order valence-electron chi connectivity index (χ0n) is 11.1. The summed E-state index contributed by atoms with van der Waals surface area (Å²) in [5.41, 5.74) is 2.78. The monoisotopic (exact) mass is 254 g/mol. The Morgan fingerprint density at radius 3 is 2.41 bits per heavy atom. The van der Waals surface area contributed by atoms with E-state index in [1.54, 1.807) is 13.8 Å². The van der Waals surface area contributed by atoms with Crippen molar-refractivity contribution in [2.75, 3.05) is 6.61 Å². The second-order valence-corrected chi connectivity index (χ2v) is 5.49. The van der Waals surface area contributed by atoms with E-state index in [-0.39, 0.29) is 5.24 Å². The number of carbonyl (C=O) groups is 1. The lowest BCUT2D eigenvalue weighted by Crippen LogP contribution is -2.27. The Hall–Kier alpha value is -1.02. The van der Waals surface area contributed by atoms with Crippen LogP contribution in [-0.4, -0.2) is 11.8 Å². The van der Waals surface area contributed by atoms with Crippen molar-refractivity contribution in [3.63, 3.8) is 0 Å². The van der Waals surface area contributed by atoms with E-state index in [1.807, 2.05) is 26.8 Å². The highest BCUT2D eigenvalue weighted by molar-refractivity contribution is 6.64. The molecule has 0 heterocycles. The molecule has 1 aromatic rings. The van der Waals surface area contributed by atoms with E-state index in [0.29, 0.717) is 6.61 Å². The Kier molecular flexibility index (Phi) is 4.21. The molecule has 0 aliphatic heterocycles. The van der Waals surface area contributed by atoms with Crippen LogP contribution in [0.15, 0.2) is 12.1 Å². The highest BCUT2D eigenvalue weighted by atomic mass is 35.5. The number of rotatable bonds is 4. The Labute approximate surface area is 108 Å². The van der Waals surface area contributed by atoms with Crippen LogP contribution in [-0.2, 0) is 4.79 Å². The third-order valence-corrected chi connectivity index (χ3v) is 3.40. The molecule has 0 aromatic heterocycles. The highest BCUT2D eigenvalue weighted by Crippen LogP contribution is 2.26. The molecule has 17 heavy (non-hydrogen) atoms. The predicted octanol–water partition coefficient (Wildman–Crippen LogP) is 3.78. The number of ether oxygens (including phenoxy) is 1. The Morgan fingerprint density at radius 1 is 1.29 bits per heavy atom. The molecule has 2 nitrogen and oxygen atoms in total. The van der Waals surface area contributed by atoms with Gasteiger partial charge in [-0.3, -0.25) is 4.79 Å². The summed E-state index contributed by atoms with van der Waals surface area (Å²) in [5, 5.41) is -0.375. The maximum absolute atomic E-state index is 11.2.